The van der Waals surface area contributed by atoms with Crippen LogP contribution >= 0.6 is 27.5 Å². The Morgan fingerprint density at radius 1 is 1.25 bits per heavy atom. The van der Waals surface area contributed by atoms with Crippen LogP contribution in [0.1, 0.15) is 10.4 Å². The molecule has 0 atom stereocenters. The molecule has 3 rings (SSSR count). The Balaban J connectivity index is 2.30. The first kappa shape index (κ1) is 13.1. The molecule has 1 aromatic carbocycles. The average Bonchev–Trinajstić information content (AvgIpc) is 2.83. The summed E-state index contributed by atoms with van der Waals surface area (Å²) in [6.07, 6.45) is 0. The van der Waals surface area contributed by atoms with Crippen LogP contribution in [0.2, 0.25) is 5.15 Å². The van der Waals surface area contributed by atoms with Gasteiger partial charge in [-0.15, -0.1) is 10.2 Å². The van der Waals surface area contributed by atoms with Gasteiger partial charge in [0.1, 0.15) is 5.15 Å². The first-order valence-electron chi connectivity index (χ1n) is 5.61. The van der Waals surface area contributed by atoms with E-state index in [0.717, 1.165) is 10.0 Å². The monoisotopic (exact) mass is 351 g/mol. The van der Waals surface area contributed by atoms with Crippen molar-refractivity contribution in [2.75, 3.05) is 0 Å². The number of carboxylic acid groups (broad SMARTS) is 1. The van der Waals surface area contributed by atoms with Gasteiger partial charge in [-0.25, -0.2) is 4.79 Å². The van der Waals surface area contributed by atoms with E-state index >= 15 is 0 Å². The summed E-state index contributed by atoms with van der Waals surface area (Å²) in [7, 11) is 0. The molecule has 0 saturated carbocycles. The first-order chi connectivity index (χ1) is 9.58. The van der Waals surface area contributed by atoms with Crippen molar-refractivity contribution in [1.29, 1.82) is 0 Å². The van der Waals surface area contributed by atoms with Crippen LogP contribution in [0.25, 0.3) is 17.0 Å². The summed E-state index contributed by atoms with van der Waals surface area (Å²) in [5.74, 6) is -0.505. The molecule has 7 heteroatoms. The molecule has 5 nitrogen and oxygen atoms in total. The number of halogens is 2. The third-order valence-electron chi connectivity index (χ3n) is 2.82. The highest BCUT2D eigenvalue weighted by molar-refractivity contribution is 9.10. The van der Waals surface area contributed by atoms with Crippen molar-refractivity contribution in [3.8, 4) is 11.4 Å². The maximum absolute atomic E-state index is 11.0. The lowest BCUT2D eigenvalue weighted by Crippen LogP contribution is -2.00. The maximum atomic E-state index is 11.0. The number of hydrogen-bond donors (Lipinski definition) is 1. The summed E-state index contributed by atoms with van der Waals surface area (Å²) in [6, 6.07) is 10.3. The molecular weight excluding hydrogens is 346 g/mol. The summed E-state index contributed by atoms with van der Waals surface area (Å²) < 4.78 is 2.46. The van der Waals surface area contributed by atoms with Gasteiger partial charge >= 0.3 is 5.97 Å². The lowest BCUT2D eigenvalue weighted by molar-refractivity contribution is 0.0697. The second-order valence-corrected chi connectivity index (χ2v) is 5.31. The zero-order chi connectivity index (χ0) is 14.3. The van der Waals surface area contributed by atoms with E-state index in [4.69, 9.17) is 16.7 Å². The second kappa shape index (κ2) is 4.88. The molecule has 20 heavy (non-hydrogen) atoms. The number of fused-ring (bicyclic) bond motifs is 1. The zero-order valence-corrected chi connectivity index (χ0v) is 12.3. The molecule has 0 unspecified atom stereocenters. The standard InChI is InChI=1S/C13H7BrClN3O2/c14-9-4-2-1-3-8(9)12-17-16-11-6-7(13(19)20)5-10(15)18(11)12/h1-6H,(H,19,20). The van der Waals surface area contributed by atoms with Crippen molar-refractivity contribution in [3.63, 3.8) is 0 Å². The number of pyridine rings is 1. The lowest BCUT2D eigenvalue weighted by atomic mass is 10.2. The van der Waals surface area contributed by atoms with E-state index in [1.165, 1.54) is 12.1 Å². The number of aromatic nitrogens is 3. The van der Waals surface area contributed by atoms with Gasteiger partial charge in [-0.3, -0.25) is 4.40 Å². The van der Waals surface area contributed by atoms with E-state index in [1.807, 2.05) is 24.3 Å². The predicted molar refractivity (Wildman–Crippen MR) is 78.1 cm³/mol. The Labute approximate surface area is 127 Å². The van der Waals surface area contributed by atoms with E-state index < -0.39 is 5.97 Å². The third kappa shape index (κ3) is 2.07. The first-order valence-corrected chi connectivity index (χ1v) is 6.78. The summed E-state index contributed by atoms with van der Waals surface area (Å²) >= 11 is 9.61. The molecule has 0 aliphatic rings. The molecule has 100 valence electrons. The van der Waals surface area contributed by atoms with Crippen LogP contribution in [0.4, 0.5) is 0 Å². The maximum Gasteiger partial charge on any atom is 0.335 e. The normalized spacial score (nSPS) is 10.9. The number of carbonyl (C=O) groups is 1. The van der Waals surface area contributed by atoms with Crippen molar-refractivity contribution < 1.29 is 9.90 Å². The number of hydrogen-bond acceptors (Lipinski definition) is 3. The highest BCUT2D eigenvalue weighted by atomic mass is 79.9. The van der Waals surface area contributed by atoms with Crippen LogP contribution < -0.4 is 0 Å². The van der Waals surface area contributed by atoms with Gasteiger partial charge in [0.05, 0.1) is 5.56 Å². The molecule has 0 aliphatic carbocycles. The zero-order valence-electron chi connectivity index (χ0n) is 9.92. The minimum absolute atomic E-state index is 0.0774. The minimum Gasteiger partial charge on any atom is -0.478 e. The summed E-state index contributed by atoms with van der Waals surface area (Å²) in [5.41, 5.74) is 1.29. The molecular formula is C13H7BrClN3O2. The summed E-state index contributed by atoms with van der Waals surface area (Å²) in [5, 5.41) is 17.3. The Bertz CT molecular complexity index is 832. The molecule has 2 aromatic heterocycles. The van der Waals surface area contributed by atoms with Crippen molar-refractivity contribution in [1.82, 2.24) is 14.6 Å². The van der Waals surface area contributed by atoms with Gasteiger partial charge in [0.15, 0.2) is 11.5 Å². The molecule has 0 fully saturated rings. The summed E-state index contributed by atoms with van der Waals surface area (Å²) in [6.45, 7) is 0. The number of rotatable bonds is 2. The van der Waals surface area contributed by atoms with Gasteiger partial charge in [-0.1, -0.05) is 45.7 Å². The van der Waals surface area contributed by atoms with Crippen LogP contribution in [0.5, 0.6) is 0 Å². The Morgan fingerprint density at radius 3 is 2.70 bits per heavy atom. The molecule has 2 heterocycles. The molecule has 0 spiro atoms. The van der Waals surface area contributed by atoms with E-state index in [9.17, 15) is 4.79 Å². The van der Waals surface area contributed by atoms with Crippen molar-refractivity contribution in [2.45, 2.75) is 0 Å². The highest BCUT2D eigenvalue weighted by Crippen LogP contribution is 2.29. The van der Waals surface area contributed by atoms with E-state index in [0.29, 0.717) is 11.5 Å². The lowest BCUT2D eigenvalue weighted by Gasteiger charge is -2.05. The van der Waals surface area contributed by atoms with Crippen molar-refractivity contribution in [3.05, 3.63) is 51.6 Å². The van der Waals surface area contributed by atoms with Gasteiger partial charge in [-0.2, -0.15) is 0 Å². The van der Waals surface area contributed by atoms with Crippen LogP contribution in [-0.4, -0.2) is 25.7 Å². The fourth-order valence-corrected chi connectivity index (χ4v) is 2.66. The predicted octanol–water partition coefficient (Wildman–Crippen LogP) is 3.51. The average molecular weight is 353 g/mol. The second-order valence-electron chi connectivity index (χ2n) is 4.07. The van der Waals surface area contributed by atoms with E-state index in [1.54, 1.807) is 4.40 Å². The topological polar surface area (TPSA) is 67.5 Å². The Kier molecular flexibility index (Phi) is 3.19. The van der Waals surface area contributed by atoms with Gasteiger partial charge < -0.3 is 5.11 Å². The molecule has 0 bridgehead atoms. The molecule has 3 aromatic rings. The minimum atomic E-state index is -1.06. The van der Waals surface area contributed by atoms with Crippen LogP contribution in [0.3, 0.4) is 0 Å². The van der Waals surface area contributed by atoms with E-state index in [2.05, 4.69) is 26.1 Å². The number of aromatic carboxylic acids is 1. The molecule has 0 amide bonds. The van der Waals surface area contributed by atoms with Gasteiger partial charge in [0, 0.05) is 10.0 Å². The molecule has 0 saturated heterocycles. The SMILES string of the molecule is O=C(O)c1cc(Cl)n2c(-c3ccccc3Br)nnc2c1. The number of nitrogens with zero attached hydrogens (tertiary/aromatic N) is 3. The smallest absolute Gasteiger partial charge is 0.335 e. The van der Waals surface area contributed by atoms with Crippen LogP contribution in [0.15, 0.2) is 40.9 Å². The number of carboxylic acids is 1. The van der Waals surface area contributed by atoms with E-state index in [-0.39, 0.29) is 10.7 Å². The molecule has 1 N–H and O–H groups in total. The van der Waals surface area contributed by atoms with Crippen LogP contribution in [0, 0.1) is 0 Å². The van der Waals surface area contributed by atoms with Crippen LogP contribution in [-0.2, 0) is 0 Å². The summed E-state index contributed by atoms with van der Waals surface area (Å²) in [4.78, 5) is 11.0. The van der Waals surface area contributed by atoms with Gasteiger partial charge in [0.25, 0.3) is 0 Å². The van der Waals surface area contributed by atoms with Gasteiger partial charge in [0.2, 0.25) is 0 Å². The highest BCUT2D eigenvalue weighted by Gasteiger charge is 2.15. The van der Waals surface area contributed by atoms with Crippen molar-refractivity contribution >= 4 is 39.1 Å². The quantitative estimate of drug-likeness (QED) is 0.717. The number of benzene rings is 1. The fourth-order valence-electron chi connectivity index (χ4n) is 1.91. The Morgan fingerprint density at radius 2 is 2.00 bits per heavy atom. The van der Waals surface area contributed by atoms with Crippen molar-refractivity contribution in [2.24, 2.45) is 0 Å². The Hall–Kier alpha value is -1.92. The fraction of sp³-hybridized carbons (Fsp3) is 0. The third-order valence-corrected chi connectivity index (χ3v) is 3.79. The largest absolute Gasteiger partial charge is 0.478 e. The van der Waals surface area contributed by atoms with Gasteiger partial charge in [-0.05, 0) is 18.2 Å². The molecule has 0 radical (unpaired) electrons. The molecule has 0 aliphatic heterocycles.